The fraction of sp³-hybridized carbons (Fsp3) is 0.533. The van der Waals surface area contributed by atoms with Crippen LogP contribution in [0.4, 0.5) is 0 Å². The second-order valence-corrected chi connectivity index (χ2v) is 5.13. The van der Waals surface area contributed by atoms with Crippen LogP contribution in [0.15, 0.2) is 24.3 Å². The molecule has 1 heterocycles. The van der Waals surface area contributed by atoms with Crippen molar-refractivity contribution in [1.82, 2.24) is 10.6 Å². The maximum absolute atomic E-state index is 10.9. The molecule has 1 fully saturated rings. The molecule has 1 aliphatic heterocycles. The van der Waals surface area contributed by atoms with Crippen LogP contribution < -0.4 is 15.4 Å². The number of aliphatic hydroxyl groups excluding tert-OH is 1. The zero-order valence-electron chi connectivity index (χ0n) is 12.3. The average molecular weight is 294 g/mol. The van der Waals surface area contributed by atoms with Gasteiger partial charge in [-0.15, -0.1) is 0 Å². The summed E-state index contributed by atoms with van der Waals surface area (Å²) in [6.07, 6.45) is -0.989. The third kappa shape index (κ3) is 4.42. The Morgan fingerprint density at radius 1 is 1.43 bits per heavy atom. The number of ether oxygens (including phenoxy) is 2. The number of aliphatic hydroxyl groups is 1. The fourth-order valence-electron chi connectivity index (χ4n) is 2.28. The van der Waals surface area contributed by atoms with Crippen LogP contribution in [-0.2, 0) is 16.1 Å². The van der Waals surface area contributed by atoms with Gasteiger partial charge in [-0.05, 0) is 17.7 Å². The summed E-state index contributed by atoms with van der Waals surface area (Å²) < 4.78 is 10.6. The zero-order valence-corrected chi connectivity index (χ0v) is 12.3. The van der Waals surface area contributed by atoms with Crippen molar-refractivity contribution in [1.29, 1.82) is 0 Å². The lowest BCUT2D eigenvalue weighted by atomic mass is 10.1. The van der Waals surface area contributed by atoms with E-state index >= 15 is 0 Å². The van der Waals surface area contributed by atoms with Crippen LogP contribution in [-0.4, -0.2) is 49.5 Å². The van der Waals surface area contributed by atoms with Crippen LogP contribution >= 0.6 is 0 Å². The molecule has 1 aliphatic rings. The van der Waals surface area contributed by atoms with E-state index in [0.29, 0.717) is 19.7 Å². The minimum atomic E-state index is -0.630. The first-order valence-electron chi connectivity index (χ1n) is 7.00. The minimum Gasteiger partial charge on any atom is -0.497 e. The summed E-state index contributed by atoms with van der Waals surface area (Å²) in [5.74, 6) is 0.693. The quantitative estimate of drug-likeness (QED) is 0.691. The van der Waals surface area contributed by atoms with Crippen molar-refractivity contribution in [2.75, 3.05) is 20.3 Å². The second-order valence-electron chi connectivity index (χ2n) is 5.13. The SMILES string of the molecule is COc1ccc(CN[C@@H]2CO[C@H](CNC(C)=O)[C@H]2O)cc1. The zero-order chi connectivity index (χ0) is 15.2. The van der Waals surface area contributed by atoms with Gasteiger partial charge in [-0.25, -0.2) is 0 Å². The van der Waals surface area contributed by atoms with Crippen molar-refractivity contribution in [3.8, 4) is 5.75 Å². The summed E-state index contributed by atoms with van der Waals surface area (Å²) in [4.78, 5) is 10.9. The molecule has 0 radical (unpaired) electrons. The summed E-state index contributed by atoms with van der Waals surface area (Å²) in [7, 11) is 1.63. The van der Waals surface area contributed by atoms with Crippen LogP contribution in [0.5, 0.6) is 5.75 Å². The van der Waals surface area contributed by atoms with Gasteiger partial charge in [0.05, 0.1) is 25.9 Å². The third-order valence-corrected chi connectivity index (χ3v) is 3.56. The fourth-order valence-corrected chi connectivity index (χ4v) is 2.28. The molecular weight excluding hydrogens is 272 g/mol. The number of carbonyl (C=O) groups is 1. The van der Waals surface area contributed by atoms with Crippen LogP contribution in [0.3, 0.4) is 0 Å². The van der Waals surface area contributed by atoms with Gasteiger partial charge in [0, 0.05) is 20.0 Å². The molecule has 0 unspecified atom stereocenters. The number of nitrogens with one attached hydrogen (secondary N) is 2. The van der Waals surface area contributed by atoms with E-state index in [0.717, 1.165) is 11.3 Å². The summed E-state index contributed by atoms with van der Waals surface area (Å²) in [6, 6.07) is 7.62. The van der Waals surface area contributed by atoms with Gasteiger partial charge in [0.2, 0.25) is 5.91 Å². The first-order valence-corrected chi connectivity index (χ1v) is 7.00. The predicted octanol–water partition coefficient (Wildman–Crippen LogP) is 0.0492. The smallest absolute Gasteiger partial charge is 0.216 e. The molecule has 6 nitrogen and oxygen atoms in total. The van der Waals surface area contributed by atoms with Gasteiger partial charge >= 0.3 is 0 Å². The molecule has 1 aromatic rings. The highest BCUT2D eigenvalue weighted by Gasteiger charge is 2.35. The maximum Gasteiger partial charge on any atom is 0.216 e. The van der Waals surface area contributed by atoms with Crippen molar-refractivity contribution >= 4 is 5.91 Å². The van der Waals surface area contributed by atoms with E-state index in [9.17, 15) is 9.90 Å². The van der Waals surface area contributed by atoms with Crippen LogP contribution in [0.2, 0.25) is 0 Å². The van der Waals surface area contributed by atoms with Gasteiger partial charge in [-0.3, -0.25) is 4.79 Å². The van der Waals surface area contributed by atoms with Crippen molar-refractivity contribution < 1.29 is 19.4 Å². The van der Waals surface area contributed by atoms with Gasteiger partial charge in [0.25, 0.3) is 0 Å². The number of benzene rings is 1. The normalized spacial score (nSPS) is 24.8. The third-order valence-electron chi connectivity index (χ3n) is 3.56. The highest BCUT2D eigenvalue weighted by Crippen LogP contribution is 2.15. The Kier molecular flexibility index (Phi) is 5.55. The Morgan fingerprint density at radius 3 is 2.76 bits per heavy atom. The van der Waals surface area contributed by atoms with E-state index in [4.69, 9.17) is 9.47 Å². The van der Waals surface area contributed by atoms with Crippen LogP contribution in [0.1, 0.15) is 12.5 Å². The molecule has 1 amide bonds. The van der Waals surface area contributed by atoms with Gasteiger partial charge in [-0.2, -0.15) is 0 Å². The Bertz CT molecular complexity index is 463. The lowest BCUT2D eigenvalue weighted by Crippen LogP contribution is -2.44. The molecule has 0 aliphatic carbocycles. The Balaban J connectivity index is 1.79. The molecule has 0 spiro atoms. The molecule has 0 aromatic heterocycles. The van der Waals surface area contributed by atoms with Crippen LogP contribution in [0, 0.1) is 0 Å². The predicted molar refractivity (Wildman–Crippen MR) is 78.1 cm³/mol. The molecule has 0 bridgehead atoms. The highest BCUT2D eigenvalue weighted by atomic mass is 16.5. The largest absolute Gasteiger partial charge is 0.497 e. The molecule has 116 valence electrons. The first-order chi connectivity index (χ1) is 10.1. The van der Waals surface area contributed by atoms with E-state index in [1.54, 1.807) is 7.11 Å². The van der Waals surface area contributed by atoms with Gasteiger partial charge < -0.3 is 25.2 Å². The minimum absolute atomic E-state index is 0.125. The number of amides is 1. The first kappa shape index (κ1) is 15.8. The molecule has 3 atom stereocenters. The monoisotopic (exact) mass is 294 g/mol. The van der Waals surface area contributed by atoms with Crippen LogP contribution in [0.25, 0.3) is 0 Å². The van der Waals surface area contributed by atoms with Crippen molar-refractivity contribution in [3.05, 3.63) is 29.8 Å². The number of hydrogen-bond donors (Lipinski definition) is 3. The van der Waals surface area contributed by atoms with Crippen molar-refractivity contribution in [2.24, 2.45) is 0 Å². The Morgan fingerprint density at radius 2 is 2.14 bits per heavy atom. The summed E-state index contributed by atoms with van der Waals surface area (Å²) in [6.45, 7) is 2.85. The topological polar surface area (TPSA) is 79.8 Å². The van der Waals surface area contributed by atoms with Crippen molar-refractivity contribution in [3.63, 3.8) is 0 Å². The molecule has 0 saturated carbocycles. The number of rotatable bonds is 6. The summed E-state index contributed by atoms with van der Waals surface area (Å²) >= 11 is 0. The van der Waals surface area contributed by atoms with E-state index in [2.05, 4.69) is 10.6 Å². The van der Waals surface area contributed by atoms with Gasteiger partial charge in [0.15, 0.2) is 0 Å². The molecule has 1 aromatic carbocycles. The lowest BCUT2D eigenvalue weighted by Gasteiger charge is -2.18. The van der Waals surface area contributed by atoms with E-state index in [1.165, 1.54) is 6.92 Å². The molecule has 2 rings (SSSR count). The standard InChI is InChI=1S/C15H22N2O4/c1-10(18)16-8-14-15(19)13(9-21-14)17-7-11-3-5-12(20-2)6-4-11/h3-6,13-15,17,19H,7-9H2,1-2H3,(H,16,18)/t13-,14-,15+/m1/s1. The molecular formula is C15H22N2O4. The van der Waals surface area contributed by atoms with Gasteiger partial charge in [-0.1, -0.05) is 12.1 Å². The molecule has 3 N–H and O–H groups in total. The van der Waals surface area contributed by atoms with E-state index in [-0.39, 0.29) is 18.1 Å². The number of methoxy groups -OCH3 is 1. The Hall–Kier alpha value is -1.63. The van der Waals surface area contributed by atoms with Crippen molar-refractivity contribution in [2.45, 2.75) is 31.7 Å². The molecule has 1 saturated heterocycles. The highest BCUT2D eigenvalue weighted by molar-refractivity contribution is 5.72. The average Bonchev–Trinajstić information content (AvgIpc) is 2.84. The Labute approximate surface area is 124 Å². The number of carbonyl (C=O) groups excluding carboxylic acids is 1. The maximum atomic E-state index is 10.9. The molecule has 21 heavy (non-hydrogen) atoms. The number of hydrogen-bond acceptors (Lipinski definition) is 5. The summed E-state index contributed by atoms with van der Waals surface area (Å²) in [5, 5.41) is 16.1. The summed E-state index contributed by atoms with van der Waals surface area (Å²) in [5.41, 5.74) is 1.10. The van der Waals surface area contributed by atoms with E-state index < -0.39 is 6.10 Å². The lowest BCUT2D eigenvalue weighted by molar-refractivity contribution is -0.119. The van der Waals surface area contributed by atoms with Gasteiger partial charge in [0.1, 0.15) is 11.9 Å². The van der Waals surface area contributed by atoms with E-state index in [1.807, 2.05) is 24.3 Å². The second kappa shape index (κ2) is 7.40. The molecule has 6 heteroatoms.